The van der Waals surface area contributed by atoms with Crippen molar-refractivity contribution in [2.24, 2.45) is 4.99 Å². The van der Waals surface area contributed by atoms with Gasteiger partial charge in [-0.3, -0.25) is 9.89 Å². The molecule has 0 aliphatic carbocycles. The highest BCUT2D eigenvalue weighted by Crippen LogP contribution is 2.15. The van der Waals surface area contributed by atoms with Crippen LogP contribution in [0.4, 0.5) is 13.2 Å². The Morgan fingerprint density at radius 1 is 1.29 bits per heavy atom. The van der Waals surface area contributed by atoms with Crippen molar-refractivity contribution in [2.45, 2.75) is 33.0 Å². The van der Waals surface area contributed by atoms with E-state index in [0.29, 0.717) is 37.9 Å². The molecule has 0 spiro atoms. The minimum atomic E-state index is -4.16. The van der Waals surface area contributed by atoms with Crippen LogP contribution in [0.15, 0.2) is 9.41 Å². The van der Waals surface area contributed by atoms with Gasteiger partial charge in [-0.05, 0) is 33.9 Å². The van der Waals surface area contributed by atoms with E-state index in [9.17, 15) is 13.2 Å². The first-order valence-electron chi connectivity index (χ1n) is 7.34. The van der Waals surface area contributed by atoms with E-state index >= 15 is 0 Å². The van der Waals surface area contributed by atoms with Crippen LogP contribution in [0.25, 0.3) is 0 Å². The van der Waals surface area contributed by atoms with Gasteiger partial charge in [0.1, 0.15) is 5.76 Å². The van der Waals surface area contributed by atoms with Gasteiger partial charge >= 0.3 is 6.18 Å². The van der Waals surface area contributed by atoms with Gasteiger partial charge in [0.25, 0.3) is 0 Å². The summed E-state index contributed by atoms with van der Waals surface area (Å²) in [7, 11) is 3.07. The van der Waals surface area contributed by atoms with Crippen LogP contribution in [-0.2, 0) is 6.54 Å². The summed E-state index contributed by atoms with van der Waals surface area (Å²) in [6, 6.07) is 0. The number of aliphatic imine (C=N–C) groups is 1. The van der Waals surface area contributed by atoms with E-state index < -0.39 is 12.7 Å². The molecule has 140 valence electrons. The van der Waals surface area contributed by atoms with Crippen molar-refractivity contribution in [3.8, 4) is 0 Å². The van der Waals surface area contributed by atoms with Crippen molar-refractivity contribution in [2.75, 3.05) is 33.7 Å². The molecule has 24 heavy (non-hydrogen) atoms. The van der Waals surface area contributed by atoms with Gasteiger partial charge in [0, 0.05) is 13.6 Å². The molecule has 0 aliphatic rings. The number of nitrogens with one attached hydrogen (secondary N) is 2. The smallest absolute Gasteiger partial charge is 0.401 e. The molecular weight excluding hydrogens is 438 g/mol. The number of alkyl halides is 3. The number of rotatable bonds is 7. The fraction of sp³-hybridized carbons (Fsp3) is 0.714. The molecule has 1 aromatic rings. The second-order valence-electron chi connectivity index (χ2n) is 5.31. The van der Waals surface area contributed by atoms with Gasteiger partial charge in [-0.25, -0.2) is 4.98 Å². The minimum Gasteiger partial charge on any atom is -0.444 e. The number of oxazole rings is 1. The zero-order chi connectivity index (χ0) is 17.5. The largest absolute Gasteiger partial charge is 0.444 e. The van der Waals surface area contributed by atoms with Gasteiger partial charge in [-0.15, -0.1) is 24.0 Å². The number of aromatic nitrogens is 1. The maximum absolute atomic E-state index is 12.2. The molecule has 0 aliphatic heterocycles. The van der Waals surface area contributed by atoms with Crippen LogP contribution in [0.3, 0.4) is 0 Å². The summed E-state index contributed by atoms with van der Waals surface area (Å²) in [5, 5.41) is 6.08. The lowest BCUT2D eigenvalue weighted by Crippen LogP contribution is -2.39. The molecule has 10 heteroatoms. The summed E-state index contributed by atoms with van der Waals surface area (Å²) in [6.45, 7) is 4.07. The first kappa shape index (κ1) is 23.0. The van der Waals surface area contributed by atoms with Crippen molar-refractivity contribution in [1.82, 2.24) is 20.5 Å². The van der Waals surface area contributed by atoms with E-state index in [1.807, 2.05) is 13.8 Å². The maximum atomic E-state index is 12.2. The SMILES string of the molecule is CN=C(NCCCN(C)CC(F)(F)F)NCc1nc(C)c(C)o1.I. The number of hydrogen-bond donors (Lipinski definition) is 2. The zero-order valence-corrected chi connectivity index (χ0v) is 16.7. The Kier molecular flexibility index (Phi) is 10.3. The summed E-state index contributed by atoms with van der Waals surface area (Å²) in [5.41, 5.74) is 0.845. The fourth-order valence-corrected chi connectivity index (χ4v) is 1.94. The van der Waals surface area contributed by atoms with Crippen LogP contribution in [0, 0.1) is 13.8 Å². The van der Waals surface area contributed by atoms with Gasteiger partial charge in [0.05, 0.1) is 18.8 Å². The summed E-state index contributed by atoms with van der Waals surface area (Å²) in [6.07, 6.45) is -3.59. The predicted octanol–water partition coefficient (Wildman–Crippen LogP) is 2.46. The van der Waals surface area contributed by atoms with E-state index in [1.165, 1.54) is 11.9 Å². The monoisotopic (exact) mass is 463 g/mol. The Morgan fingerprint density at radius 2 is 1.96 bits per heavy atom. The van der Waals surface area contributed by atoms with E-state index in [-0.39, 0.29) is 24.0 Å². The van der Waals surface area contributed by atoms with Crippen LogP contribution in [0.5, 0.6) is 0 Å². The van der Waals surface area contributed by atoms with Crippen LogP contribution in [0.1, 0.15) is 23.8 Å². The van der Waals surface area contributed by atoms with Crippen molar-refractivity contribution < 1.29 is 17.6 Å². The van der Waals surface area contributed by atoms with Crippen molar-refractivity contribution in [1.29, 1.82) is 0 Å². The number of hydrogen-bond acceptors (Lipinski definition) is 4. The molecule has 1 rings (SSSR count). The molecule has 0 atom stereocenters. The second kappa shape index (κ2) is 10.7. The summed E-state index contributed by atoms with van der Waals surface area (Å²) in [5.74, 6) is 1.89. The van der Waals surface area contributed by atoms with Crippen LogP contribution in [0.2, 0.25) is 0 Å². The van der Waals surface area contributed by atoms with E-state index in [4.69, 9.17) is 4.42 Å². The molecule has 0 amide bonds. The lowest BCUT2D eigenvalue weighted by Gasteiger charge is -2.18. The van der Waals surface area contributed by atoms with Crippen molar-refractivity contribution in [3.05, 3.63) is 17.3 Å². The first-order chi connectivity index (χ1) is 10.7. The first-order valence-corrected chi connectivity index (χ1v) is 7.34. The molecule has 0 saturated carbocycles. The highest BCUT2D eigenvalue weighted by atomic mass is 127. The summed E-state index contributed by atoms with van der Waals surface area (Å²) >= 11 is 0. The Morgan fingerprint density at radius 3 is 2.46 bits per heavy atom. The quantitative estimate of drug-likeness (QED) is 0.282. The maximum Gasteiger partial charge on any atom is 0.401 e. The molecule has 2 N–H and O–H groups in total. The van der Waals surface area contributed by atoms with Gasteiger partial charge in [-0.1, -0.05) is 0 Å². The molecule has 0 saturated heterocycles. The molecule has 1 heterocycles. The summed E-state index contributed by atoms with van der Waals surface area (Å²) < 4.78 is 42.0. The molecular formula is C14H25F3IN5O. The van der Waals surface area contributed by atoms with E-state index in [0.717, 1.165) is 11.5 Å². The predicted molar refractivity (Wildman–Crippen MR) is 97.8 cm³/mol. The Hall–Kier alpha value is -1.04. The van der Waals surface area contributed by atoms with Crippen LogP contribution < -0.4 is 10.6 Å². The Bertz CT molecular complexity index is 499. The number of nitrogens with zero attached hydrogens (tertiary/aromatic N) is 3. The standard InChI is InChI=1S/C14H24F3N5O.HI/c1-10-11(2)23-12(21-10)8-20-13(18-3)19-6-5-7-22(4)9-14(15,16)17;/h5-9H2,1-4H3,(H2,18,19,20);1H. The second-order valence-corrected chi connectivity index (χ2v) is 5.31. The molecule has 0 fully saturated rings. The lowest BCUT2D eigenvalue weighted by atomic mass is 10.4. The van der Waals surface area contributed by atoms with Gasteiger partial charge in [0.2, 0.25) is 5.89 Å². The van der Waals surface area contributed by atoms with Gasteiger partial charge < -0.3 is 15.1 Å². The lowest BCUT2D eigenvalue weighted by molar-refractivity contribution is -0.143. The summed E-state index contributed by atoms with van der Waals surface area (Å²) in [4.78, 5) is 9.53. The average molecular weight is 463 g/mol. The normalized spacial score (nSPS) is 12.2. The molecule has 1 aromatic heterocycles. The van der Waals surface area contributed by atoms with Gasteiger partial charge in [0.15, 0.2) is 5.96 Å². The third-order valence-electron chi connectivity index (χ3n) is 3.16. The zero-order valence-electron chi connectivity index (χ0n) is 14.3. The number of halogens is 4. The molecule has 0 radical (unpaired) electrons. The number of aryl methyl sites for hydroxylation is 2. The third-order valence-corrected chi connectivity index (χ3v) is 3.16. The van der Waals surface area contributed by atoms with Crippen LogP contribution >= 0.6 is 24.0 Å². The highest BCUT2D eigenvalue weighted by Gasteiger charge is 2.28. The van der Waals surface area contributed by atoms with Crippen LogP contribution in [-0.4, -0.2) is 55.7 Å². The van der Waals surface area contributed by atoms with Gasteiger partial charge in [-0.2, -0.15) is 13.2 Å². The Labute approximate surface area is 157 Å². The van der Waals surface area contributed by atoms with E-state index in [2.05, 4.69) is 20.6 Å². The Balaban J connectivity index is 0.00000529. The molecule has 6 nitrogen and oxygen atoms in total. The van der Waals surface area contributed by atoms with Crippen molar-refractivity contribution >= 4 is 29.9 Å². The average Bonchev–Trinajstić information content (AvgIpc) is 2.75. The molecule has 0 bridgehead atoms. The minimum absolute atomic E-state index is 0. The molecule has 0 aromatic carbocycles. The fourth-order valence-electron chi connectivity index (χ4n) is 1.94. The highest BCUT2D eigenvalue weighted by molar-refractivity contribution is 14.0. The topological polar surface area (TPSA) is 65.7 Å². The molecule has 0 unspecified atom stereocenters. The van der Waals surface area contributed by atoms with Crippen molar-refractivity contribution in [3.63, 3.8) is 0 Å². The number of guanidine groups is 1. The third kappa shape index (κ3) is 9.30. The van der Waals surface area contributed by atoms with E-state index in [1.54, 1.807) is 7.05 Å².